The van der Waals surface area contributed by atoms with E-state index in [-0.39, 0.29) is 12.2 Å². The Labute approximate surface area is 93.3 Å². The highest BCUT2D eigenvalue weighted by atomic mass is 19.1. The maximum atomic E-state index is 13.4. The number of nitrogens with one attached hydrogen (secondary N) is 1. The molecule has 1 aliphatic carbocycles. The van der Waals surface area contributed by atoms with Gasteiger partial charge in [0.1, 0.15) is 5.82 Å². The lowest BCUT2D eigenvalue weighted by Gasteiger charge is -2.14. The number of carbonyl (C=O) groups is 1. The van der Waals surface area contributed by atoms with Gasteiger partial charge in [-0.05, 0) is 31.9 Å². The SMILES string of the molecule is Cc1ccc(F)c(C(=O)NC2(CO)CC2)c1. The fourth-order valence-corrected chi connectivity index (χ4v) is 1.59. The Morgan fingerprint density at radius 2 is 2.25 bits per heavy atom. The highest BCUT2D eigenvalue weighted by Gasteiger charge is 2.43. The van der Waals surface area contributed by atoms with Crippen molar-refractivity contribution in [3.63, 3.8) is 0 Å². The molecule has 1 saturated carbocycles. The topological polar surface area (TPSA) is 49.3 Å². The molecular formula is C12H14FNO2. The number of carbonyl (C=O) groups excluding carboxylic acids is 1. The van der Waals surface area contributed by atoms with E-state index in [1.807, 2.05) is 0 Å². The predicted molar refractivity (Wildman–Crippen MR) is 57.7 cm³/mol. The fourth-order valence-electron chi connectivity index (χ4n) is 1.59. The number of hydrogen-bond acceptors (Lipinski definition) is 2. The lowest BCUT2D eigenvalue weighted by atomic mass is 10.1. The number of amides is 1. The maximum absolute atomic E-state index is 13.4. The standard InChI is InChI=1S/C12H14FNO2/c1-8-2-3-10(13)9(6-8)11(16)14-12(7-15)4-5-12/h2-3,6,15H,4-5,7H2,1H3,(H,14,16). The summed E-state index contributed by atoms with van der Waals surface area (Å²) in [5, 5.41) is 11.7. The Balaban J connectivity index is 2.17. The van der Waals surface area contributed by atoms with Crippen molar-refractivity contribution in [2.75, 3.05) is 6.61 Å². The third-order valence-corrected chi connectivity index (χ3v) is 2.90. The van der Waals surface area contributed by atoms with E-state index in [9.17, 15) is 9.18 Å². The molecule has 2 N–H and O–H groups in total. The highest BCUT2D eigenvalue weighted by Crippen LogP contribution is 2.34. The summed E-state index contributed by atoms with van der Waals surface area (Å²) in [6, 6.07) is 4.41. The van der Waals surface area contributed by atoms with Crippen molar-refractivity contribution < 1.29 is 14.3 Å². The summed E-state index contributed by atoms with van der Waals surface area (Å²) in [4.78, 5) is 11.8. The minimum absolute atomic E-state index is 0.0414. The van der Waals surface area contributed by atoms with Crippen LogP contribution in [-0.2, 0) is 0 Å². The molecule has 2 rings (SSSR count). The van der Waals surface area contributed by atoms with Gasteiger partial charge in [0.05, 0.1) is 17.7 Å². The number of halogens is 1. The molecule has 86 valence electrons. The molecule has 0 atom stereocenters. The molecule has 0 spiro atoms. The smallest absolute Gasteiger partial charge is 0.254 e. The van der Waals surface area contributed by atoms with Gasteiger partial charge in [0.15, 0.2) is 0 Å². The molecule has 0 aromatic heterocycles. The normalized spacial score (nSPS) is 16.9. The molecule has 3 nitrogen and oxygen atoms in total. The van der Waals surface area contributed by atoms with E-state index >= 15 is 0 Å². The van der Waals surface area contributed by atoms with Crippen LogP contribution in [0.5, 0.6) is 0 Å². The number of aliphatic hydroxyl groups is 1. The minimum Gasteiger partial charge on any atom is -0.394 e. The van der Waals surface area contributed by atoms with Crippen LogP contribution in [0.15, 0.2) is 18.2 Å². The van der Waals surface area contributed by atoms with Crippen molar-refractivity contribution in [2.24, 2.45) is 0 Å². The van der Waals surface area contributed by atoms with Gasteiger partial charge in [0.25, 0.3) is 5.91 Å². The largest absolute Gasteiger partial charge is 0.394 e. The Morgan fingerprint density at radius 1 is 1.56 bits per heavy atom. The third kappa shape index (κ3) is 2.07. The summed E-state index contributed by atoms with van der Waals surface area (Å²) in [5.41, 5.74) is 0.368. The zero-order valence-corrected chi connectivity index (χ0v) is 9.09. The predicted octanol–water partition coefficient (Wildman–Crippen LogP) is 1.39. The van der Waals surface area contributed by atoms with Crippen LogP contribution < -0.4 is 5.32 Å². The van der Waals surface area contributed by atoms with Crippen LogP contribution in [0.2, 0.25) is 0 Å². The first kappa shape index (κ1) is 11.1. The summed E-state index contributed by atoms with van der Waals surface area (Å²) in [6.07, 6.45) is 1.51. The van der Waals surface area contributed by atoms with E-state index < -0.39 is 17.3 Å². The molecule has 0 bridgehead atoms. The zero-order valence-electron chi connectivity index (χ0n) is 9.09. The number of rotatable bonds is 3. The fraction of sp³-hybridized carbons (Fsp3) is 0.417. The average Bonchev–Trinajstić information content (AvgIpc) is 3.02. The van der Waals surface area contributed by atoms with E-state index in [1.165, 1.54) is 12.1 Å². The Bertz CT molecular complexity index is 427. The lowest BCUT2D eigenvalue weighted by molar-refractivity contribution is 0.0902. The Kier molecular flexibility index (Phi) is 2.68. The molecule has 0 unspecified atom stereocenters. The molecule has 1 fully saturated rings. The van der Waals surface area contributed by atoms with Gasteiger partial charge in [0.2, 0.25) is 0 Å². The third-order valence-electron chi connectivity index (χ3n) is 2.90. The monoisotopic (exact) mass is 223 g/mol. The van der Waals surface area contributed by atoms with Gasteiger partial charge in [-0.2, -0.15) is 0 Å². The molecule has 1 amide bonds. The van der Waals surface area contributed by atoms with Crippen molar-refractivity contribution in [3.05, 3.63) is 35.1 Å². The second kappa shape index (κ2) is 3.87. The second-order valence-corrected chi connectivity index (χ2v) is 4.38. The zero-order chi connectivity index (χ0) is 11.8. The van der Waals surface area contributed by atoms with E-state index in [2.05, 4.69) is 5.32 Å². The molecule has 4 heteroatoms. The minimum atomic E-state index is -0.531. The quantitative estimate of drug-likeness (QED) is 0.813. The van der Waals surface area contributed by atoms with Gasteiger partial charge in [-0.1, -0.05) is 11.6 Å². The lowest BCUT2D eigenvalue weighted by Crippen LogP contribution is -2.39. The molecular weight excluding hydrogens is 209 g/mol. The second-order valence-electron chi connectivity index (χ2n) is 4.38. The van der Waals surface area contributed by atoms with Gasteiger partial charge >= 0.3 is 0 Å². The molecule has 1 aromatic rings. The molecule has 16 heavy (non-hydrogen) atoms. The molecule has 0 radical (unpaired) electrons. The number of hydrogen-bond donors (Lipinski definition) is 2. The summed E-state index contributed by atoms with van der Waals surface area (Å²) >= 11 is 0. The molecule has 0 saturated heterocycles. The van der Waals surface area contributed by atoms with Crippen LogP contribution in [-0.4, -0.2) is 23.2 Å². The van der Waals surface area contributed by atoms with Crippen molar-refractivity contribution in [1.29, 1.82) is 0 Å². The number of benzene rings is 1. The van der Waals surface area contributed by atoms with Crippen LogP contribution in [0.4, 0.5) is 4.39 Å². The van der Waals surface area contributed by atoms with Gasteiger partial charge in [0, 0.05) is 0 Å². The average molecular weight is 223 g/mol. The van der Waals surface area contributed by atoms with Gasteiger partial charge in [-0.3, -0.25) is 4.79 Å². The van der Waals surface area contributed by atoms with E-state index in [1.54, 1.807) is 13.0 Å². The van der Waals surface area contributed by atoms with Crippen LogP contribution in [0, 0.1) is 12.7 Å². The Hall–Kier alpha value is -1.42. The first-order valence-electron chi connectivity index (χ1n) is 5.26. The van der Waals surface area contributed by atoms with E-state index in [0.717, 1.165) is 18.4 Å². The maximum Gasteiger partial charge on any atom is 0.254 e. The van der Waals surface area contributed by atoms with E-state index in [4.69, 9.17) is 5.11 Å². The van der Waals surface area contributed by atoms with Gasteiger partial charge in [-0.25, -0.2) is 4.39 Å². The molecule has 0 heterocycles. The number of aliphatic hydroxyl groups excluding tert-OH is 1. The first-order chi connectivity index (χ1) is 7.56. The van der Waals surface area contributed by atoms with Crippen molar-refractivity contribution in [2.45, 2.75) is 25.3 Å². The highest BCUT2D eigenvalue weighted by molar-refractivity contribution is 5.95. The van der Waals surface area contributed by atoms with Crippen LogP contribution >= 0.6 is 0 Å². The van der Waals surface area contributed by atoms with Gasteiger partial charge in [-0.15, -0.1) is 0 Å². The molecule has 0 aliphatic heterocycles. The van der Waals surface area contributed by atoms with E-state index in [0.29, 0.717) is 0 Å². The van der Waals surface area contributed by atoms with Crippen molar-refractivity contribution >= 4 is 5.91 Å². The van der Waals surface area contributed by atoms with Crippen molar-refractivity contribution in [1.82, 2.24) is 5.32 Å². The first-order valence-corrected chi connectivity index (χ1v) is 5.26. The van der Waals surface area contributed by atoms with Gasteiger partial charge < -0.3 is 10.4 Å². The summed E-state index contributed by atoms with van der Waals surface area (Å²) in [7, 11) is 0. The molecule has 1 aromatic carbocycles. The summed E-state index contributed by atoms with van der Waals surface area (Å²) in [5.74, 6) is -0.982. The summed E-state index contributed by atoms with van der Waals surface area (Å²) in [6.45, 7) is 1.71. The summed E-state index contributed by atoms with van der Waals surface area (Å²) < 4.78 is 13.4. The van der Waals surface area contributed by atoms with Crippen LogP contribution in [0.1, 0.15) is 28.8 Å². The van der Waals surface area contributed by atoms with Crippen LogP contribution in [0.25, 0.3) is 0 Å². The Morgan fingerprint density at radius 3 is 2.81 bits per heavy atom. The number of aryl methyl sites for hydroxylation is 1. The van der Waals surface area contributed by atoms with Crippen molar-refractivity contribution in [3.8, 4) is 0 Å². The van der Waals surface area contributed by atoms with Crippen LogP contribution in [0.3, 0.4) is 0 Å². The molecule has 1 aliphatic rings.